The zero-order valence-electron chi connectivity index (χ0n) is 10.4. The van der Waals surface area contributed by atoms with Crippen molar-refractivity contribution in [3.05, 3.63) is 34.7 Å². The molecule has 0 radical (unpaired) electrons. The van der Waals surface area contributed by atoms with Crippen molar-refractivity contribution in [1.29, 1.82) is 0 Å². The standard InChI is InChI=1S/C12H12ClFN4O/c1-6-3-9(10(19-2)4-7(6)13)17-11-8(14)5-16-12(15)18-11/h3-5H,1-2H3,(H3,15,16,17,18). The van der Waals surface area contributed by atoms with Crippen molar-refractivity contribution in [3.63, 3.8) is 0 Å². The Balaban J connectivity index is 2.42. The van der Waals surface area contributed by atoms with Crippen LogP contribution in [0.5, 0.6) is 5.75 Å². The molecule has 19 heavy (non-hydrogen) atoms. The van der Waals surface area contributed by atoms with Gasteiger partial charge in [0, 0.05) is 11.1 Å². The number of nitrogens with two attached hydrogens (primary N) is 1. The van der Waals surface area contributed by atoms with E-state index in [9.17, 15) is 4.39 Å². The topological polar surface area (TPSA) is 73.1 Å². The maximum absolute atomic E-state index is 13.6. The zero-order chi connectivity index (χ0) is 14.0. The first kappa shape index (κ1) is 13.4. The van der Waals surface area contributed by atoms with E-state index in [0.717, 1.165) is 11.8 Å². The van der Waals surface area contributed by atoms with E-state index >= 15 is 0 Å². The summed E-state index contributed by atoms with van der Waals surface area (Å²) in [5.41, 5.74) is 6.79. The highest BCUT2D eigenvalue weighted by Gasteiger charge is 2.11. The number of hydrogen-bond donors (Lipinski definition) is 2. The number of aromatic nitrogens is 2. The molecule has 0 aliphatic carbocycles. The van der Waals surface area contributed by atoms with Crippen molar-refractivity contribution in [2.45, 2.75) is 6.92 Å². The fourth-order valence-electron chi connectivity index (χ4n) is 1.53. The Labute approximate surface area is 114 Å². The molecule has 0 saturated carbocycles. The summed E-state index contributed by atoms with van der Waals surface area (Å²) in [6, 6.07) is 3.38. The minimum absolute atomic E-state index is 0.0199. The van der Waals surface area contributed by atoms with Crippen LogP contribution in [0.4, 0.5) is 21.8 Å². The average Bonchev–Trinajstić information content (AvgIpc) is 2.38. The van der Waals surface area contributed by atoms with E-state index in [-0.39, 0.29) is 11.8 Å². The molecule has 2 rings (SSSR count). The van der Waals surface area contributed by atoms with Crippen LogP contribution in [-0.4, -0.2) is 17.1 Å². The van der Waals surface area contributed by atoms with Gasteiger partial charge in [-0.3, -0.25) is 0 Å². The Bertz CT molecular complexity index is 621. The maximum atomic E-state index is 13.6. The van der Waals surface area contributed by atoms with E-state index in [1.165, 1.54) is 7.11 Å². The first-order chi connectivity index (χ1) is 9.01. The van der Waals surface area contributed by atoms with Crippen LogP contribution in [0.2, 0.25) is 5.02 Å². The van der Waals surface area contributed by atoms with Crippen LogP contribution in [-0.2, 0) is 0 Å². The molecule has 5 nitrogen and oxygen atoms in total. The number of hydrogen-bond acceptors (Lipinski definition) is 5. The van der Waals surface area contributed by atoms with Crippen molar-refractivity contribution < 1.29 is 9.13 Å². The molecule has 0 spiro atoms. The van der Waals surface area contributed by atoms with Gasteiger partial charge in [0.25, 0.3) is 0 Å². The number of nitrogens with one attached hydrogen (secondary N) is 1. The largest absolute Gasteiger partial charge is 0.495 e. The van der Waals surface area contributed by atoms with Crippen LogP contribution in [0, 0.1) is 12.7 Å². The zero-order valence-corrected chi connectivity index (χ0v) is 11.1. The van der Waals surface area contributed by atoms with E-state index in [2.05, 4.69) is 15.3 Å². The molecule has 0 aliphatic rings. The van der Waals surface area contributed by atoms with E-state index in [1.54, 1.807) is 12.1 Å². The summed E-state index contributed by atoms with van der Waals surface area (Å²) in [6.07, 6.45) is 1.000. The van der Waals surface area contributed by atoms with Gasteiger partial charge < -0.3 is 15.8 Å². The molecule has 2 aromatic rings. The minimum Gasteiger partial charge on any atom is -0.495 e. The maximum Gasteiger partial charge on any atom is 0.222 e. The normalized spacial score (nSPS) is 10.3. The van der Waals surface area contributed by atoms with Crippen LogP contribution < -0.4 is 15.8 Å². The molecule has 7 heteroatoms. The molecule has 0 amide bonds. The Kier molecular flexibility index (Phi) is 3.71. The molecule has 1 heterocycles. The molecule has 0 unspecified atom stereocenters. The third kappa shape index (κ3) is 2.85. The molecule has 0 fully saturated rings. The highest BCUT2D eigenvalue weighted by Crippen LogP contribution is 2.33. The molecule has 0 atom stereocenters. The predicted molar refractivity (Wildman–Crippen MR) is 72.4 cm³/mol. The summed E-state index contributed by atoms with van der Waals surface area (Å²) in [7, 11) is 1.50. The first-order valence-electron chi connectivity index (χ1n) is 5.40. The average molecular weight is 283 g/mol. The second-order valence-electron chi connectivity index (χ2n) is 3.85. The fraction of sp³-hybridized carbons (Fsp3) is 0.167. The Morgan fingerprint density at radius 1 is 1.42 bits per heavy atom. The van der Waals surface area contributed by atoms with Gasteiger partial charge in [-0.05, 0) is 18.6 Å². The van der Waals surface area contributed by atoms with Gasteiger partial charge in [-0.1, -0.05) is 11.6 Å². The minimum atomic E-state index is -0.608. The van der Waals surface area contributed by atoms with Crippen LogP contribution in [0.15, 0.2) is 18.3 Å². The molecular formula is C12H12ClFN4O. The van der Waals surface area contributed by atoms with E-state index in [4.69, 9.17) is 22.1 Å². The van der Waals surface area contributed by atoms with Crippen molar-refractivity contribution in [1.82, 2.24) is 9.97 Å². The SMILES string of the molecule is COc1cc(Cl)c(C)cc1Nc1nc(N)ncc1F. The first-order valence-corrected chi connectivity index (χ1v) is 5.78. The van der Waals surface area contributed by atoms with Crippen LogP contribution in [0.3, 0.4) is 0 Å². The van der Waals surface area contributed by atoms with Crippen LogP contribution in [0.25, 0.3) is 0 Å². The smallest absolute Gasteiger partial charge is 0.222 e. The highest BCUT2D eigenvalue weighted by molar-refractivity contribution is 6.31. The van der Waals surface area contributed by atoms with E-state index < -0.39 is 5.82 Å². The quantitative estimate of drug-likeness (QED) is 0.905. The van der Waals surface area contributed by atoms with Crippen molar-refractivity contribution in [3.8, 4) is 5.75 Å². The fourth-order valence-corrected chi connectivity index (χ4v) is 1.68. The number of methoxy groups -OCH3 is 1. The molecule has 0 aliphatic heterocycles. The van der Waals surface area contributed by atoms with Crippen LogP contribution >= 0.6 is 11.6 Å². The molecule has 3 N–H and O–H groups in total. The Hall–Kier alpha value is -2.08. The summed E-state index contributed by atoms with van der Waals surface area (Å²) in [4.78, 5) is 7.34. The lowest BCUT2D eigenvalue weighted by Crippen LogP contribution is -2.03. The lowest BCUT2D eigenvalue weighted by atomic mass is 10.2. The number of nitrogens with zero attached hydrogens (tertiary/aromatic N) is 2. The lowest BCUT2D eigenvalue weighted by Gasteiger charge is -2.13. The number of anilines is 3. The summed E-state index contributed by atoms with van der Waals surface area (Å²) in [6.45, 7) is 1.83. The summed E-state index contributed by atoms with van der Waals surface area (Å²) in [5, 5.41) is 3.37. The molecule has 1 aromatic carbocycles. The van der Waals surface area contributed by atoms with Gasteiger partial charge in [0.15, 0.2) is 11.6 Å². The lowest BCUT2D eigenvalue weighted by molar-refractivity contribution is 0.416. The van der Waals surface area contributed by atoms with Gasteiger partial charge in [-0.15, -0.1) is 0 Å². The van der Waals surface area contributed by atoms with Gasteiger partial charge in [-0.2, -0.15) is 4.98 Å². The number of ether oxygens (including phenoxy) is 1. The third-order valence-corrected chi connectivity index (χ3v) is 2.90. The second-order valence-corrected chi connectivity index (χ2v) is 4.26. The molecule has 0 saturated heterocycles. The van der Waals surface area contributed by atoms with Gasteiger partial charge in [-0.25, -0.2) is 9.37 Å². The monoisotopic (exact) mass is 282 g/mol. The highest BCUT2D eigenvalue weighted by atomic mass is 35.5. The predicted octanol–water partition coefficient (Wildman–Crippen LogP) is 2.91. The van der Waals surface area contributed by atoms with E-state index in [0.29, 0.717) is 16.5 Å². The van der Waals surface area contributed by atoms with Crippen molar-refractivity contribution in [2.75, 3.05) is 18.2 Å². The van der Waals surface area contributed by atoms with Crippen molar-refractivity contribution in [2.24, 2.45) is 0 Å². The van der Waals surface area contributed by atoms with Gasteiger partial charge in [0.1, 0.15) is 5.75 Å². The van der Waals surface area contributed by atoms with Crippen molar-refractivity contribution >= 4 is 29.1 Å². The molecule has 1 aromatic heterocycles. The summed E-state index contributed by atoms with van der Waals surface area (Å²) >= 11 is 6.00. The molecule has 100 valence electrons. The van der Waals surface area contributed by atoms with Gasteiger partial charge >= 0.3 is 0 Å². The number of benzene rings is 1. The van der Waals surface area contributed by atoms with Crippen LogP contribution in [0.1, 0.15) is 5.56 Å². The summed E-state index contributed by atoms with van der Waals surface area (Å²) < 4.78 is 18.7. The number of rotatable bonds is 3. The third-order valence-electron chi connectivity index (χ3n) is 2.50. The molecular weight excluding hydrogens is 271 g/mol. The Morgan fingerprint density at radius 3 is 2.84 bits per heavy atom. The van der Waals surface area contributed by atoms with Gasteiger partial charge in [0.2, 0.25) is 5.95 Å². The van der Waals surface area contributed by atoms with E-state index in [1.807, 2.05) is 6.92 Å². The number of halogens is 2. The number of nitrogen functional groups attached to an aromatic ring is 1. The summed E-state index contributed by atoms with van der Waals surface area (Å²) in [5.74, 6) is -0.169. The number of aryl methyl sites for hydroxylation is 1. The second kappa shape index (κ2) is 5.27. The molecule has 0 bridgehead atoms. The Morgan fingerprint density at radius 2 is 2.16 bits per heavy atom. The van der Waals surface area contributed by atoms with Gasteiger partial charge in [0.05, 0.1) is 19.0 Å².